The van der Waals surface area contributed by atoms with Crippen LogP contribution in [0.5, 0.6) is 0 Å². The lowest BCUT2D eigenvalue weighted by Gasteiger charge is -2.41. The molecule has 5 atom stereocenters. The Hall–Kier alpha value is -1.50. The number of hydrogen-bond acceptors (Lipinski definition) is 6. The number of nitrogens with zero attached hydrogens (tertiary/aromatic N) is 2. The average Bonchev–Trinajstić information content (AvgIpc) is 2.73. The number of alkyl halides is 1. The molecular weight excluding hydrogens is 349 g/mol. The van der Waals surface area contributed by atoms with Crippen LogP contribution in [0.15, 0.2) is 0 Å². The van der Waals surface area contributed by atoms with E-state index in [1.165, 1.54) is 0 Å². The lowest BCUT2D eigenvalue weighted by Crippen LogP contribution is -2.53. The van der Waals surface area contributed by atoms with Gasteiger partial charge in [-0.3, -0.25) is 4.55 Å². The van der Waals surface area contributed by atoms with E-state index in [4.69, 9.17) is 4.55 Å². The molecule has 10 nitrogen and oxygen atoms in total. The van der Waals surface area contributed by atoms with Crippen LogP contribution in [0.1, 0.15) is 12.8 Å². The number of halogens is 1. The summed E-state index contributed by atoms with van der Waals surface area (Å²) in [4.78, 5) is 24.7. The van der Waals surface area contributed by atoms with E-state index in [0.29, 0.717) is 18.0 Å². The molecule has 0 aliphatic carbocycles. The van der Waals surface area contributed by atoms with Crippen LogP contribution >= 0.6 is 0 Å². The Morgan fingerprint density at radius 1 is 1.38 bits per heavy atom. The number of carboxylic acid groups (broad SMARTS) is 1. The molecule has 1 unspecified atom stereocenters. The normalized spacial score (nSPS) is 36.9. The first-order chi connectivity index (χ1) is 11.2. The van der Waals surface area contributed by atoms with Crippen LogP contribution in [-0.4, -0.2) is 77.9 Å². The average molecular weight is 367 g/mol. The second-order valence-electron chi connectivity index (χ2n) is 6.26. The van der Waals surface area contributed by atoms with E-state index in [1.807, 2.05) is 0 Å². The fraction of sp³-hybridized carbons (Fsp3) is 0.833. The third kappa shape index (κ3) is 3.06. The summed E-state index contributed by atoms with van der Waals surface area (Å²) in [6.45, 7) is 0.567. The number of aliphatic carboxylic acids is 1. The molecule has 3 aliphatic rings. The van der Waals surface area contributed by atoms with Gasteiger partial charge in [-0.05, 0) is 31.2 Å². The van der Waals surface area contributed by atoms with Gasteiger partial charge in [0.2, 0.25) is 0 Å². The Morgan fingerprint density at radius 3 is 2.67 bits per heavy atom. The number of rotatable bonds is 4. The number of carbonyl (C=O) groups excluding carboxylic acids is 1. The van der Waals surface area contributed by atoms with Crippen molar-refractivity contribution in [1.82, 2.24) is 15.3 Å². The molecule has 0 spiro atoms. The number of nitrogens with one attached hydrogen (secondary N) is 1. The van der Waals surface area contributed by atoms with E-state index in [1.54, 1.807) is 0 Å². The summed E-state index contributed by atoms with van der Waals surface area (Å²) in [6, 6.07) is -2.98. The predicted octanol–water partition coefficient (Wildman–Crippen LogP) is -0.752. The first kappa shape index (κ1) is 17.3. The van der Waals surface area contributed by atoms with Gasteiger partial charge in [-0.15, -0.1) is 4.28 Å². The standard InChI is InChI=1S/C12H18FN3O7S/c13-8-4-14-2-1-6(8)7-3-9(11(17)18)15-5-10(7)16(12(15)19)23-24(20,21)22/h6-10,14H,1-5H2,(H,17,18)(H,20,21,22)/t6?,7-,8-,9+,10+/m1/s1. The van der Waals surface area contributed by atoms with Gasteiger partial charge in [-0.2, -0.15) is 13.5 Å². The van der Waals surface area contributed by atoms with E-state index < -0.39 is 52.5 Å². The SMILES string of the molecule is O=C(O)[C@@H]1C[C@H](C2CCNC[C@H]2F)[C@@H]2CN1C(=O)N2OS(=O)(=O)O. The van der Waals surface area contributed by atoms with Crippen molar-refractivity contribution in [3.63, 3.8) is 0 Å². The van der Waals surface area contributed by atoms with Crippen molar-refractivity contribution in [3.05, 3.63) is 0 Å². The Balaban J connectivity index is 1.92. The zero-order valence-corrected chi connectivity index (χ0v) is 13.4. The molecule has 0 aromatic rings. The molecule has 3 aliphatic heterocycles. The number of amides is 2. The summed E-state index contributed by atoms with van der Waals surface area (Å²) in [5.74, 6) is -2.36. The summed E-state index contributed by atoms with van der Waals surface area (Å²) in [6.07, 6.45) is -0.807. The molecule has 24 heavy (non-hydrogen) atoms. The fourth-order valence-electron chi connectivity index (χ4n) is 3.94. The lowest BCUT2D eigenvalue weighted by atomic mass is 9.74. The molecule has 0 aromatic heterocycles. The highest BCUT2D eigenvalue weighted by molar-refractivity contribution is 7.80. The van der Waals surface area contributed by atoms with Crippen molar-refractivity contribution >= 4 is 22.4 Å². The van der Waals surface area contributed by atoms with Crippen LogP contribution < -0.4 is 5.32 Å². The molecule has 12 heteroatoms. The van der Waals surface area contributed by atoms with Crippen molar-refractivity contribution in [2.75, 3.05) is 19.6 Å². The Morgan fingerprint density at radius 2 is 2.08 bits per heavy atom. The minimum absolute atomic E-state index is 0.00215. The fourth-order valence-corrected chi connectivity index (χ4v) is 4.32. The highest BCUT2D eigenvalue weighted by Crippen LogP contribution is 2.41. The van der Waals surface area contributed by atoms with Crippen molar-refractivity contribution in [2.45, 2.75) is 31.1 Å². The van der Waals surface area contributed by atoms with E-state index >= 15 is 0 Å². The zero-order chi connectivity index (χ0) is 17.6. The monoisotopic (exact) mass is 367 g/mol. The van der Waals surface area contributed by atoms with Gasteiger partial charge in [0.05, 0.1) is 6.04 Å². The predicted molar refractivity (Wildman–Crippen MR) is 75.8 cm³/mol. The second-order valence-corrected chi connectivity index (χ2v) is 7.26. The van der Waals surface area contributed by atoms with E-state index in [2.05, 4.69) is 9.60 Å². The summed E-state index contributed by atoms with van der Waals surface area (Å²) in [5, 5.41) is 12.7. The Kier molecular flexibility index (Phi) is 4.40. The minimum atomic E-state index is -4.96. The van der Waals surface area contributed by atoms with Crippen LogP contribution in [0.25, 0.3) is 0 Å². The number of piperidine rings is 2. The summed E-state index contributed by atoms with van der Waals surface area (Å²) < 4.78 is 49.5. The van der Waals surface area contributed by atoms with E-state index in [-0.39, 0.29) is 19.5 Å². The number of carbonyl (C=O) groups is 2. The van der Waals surface area contributed by atoms with Crippen LogP contribution in [0.3, 0.4) is 0 Å². The lowest BCUT2D eigenvalue weighted by molar-refractivity contribution is -0.144. The highest BCUT2D eigenvalue weighted by Gasteiger charge is 2.56. The summed E-state index contributed by atoms with van der Waals surface area (Å²) in [7, 11) is -4.96. The highest BCUT2D eigenvalue weighted by atomic mass is 32.3. The van der Waals surface area contributed by atoms with Gasteiger partial charge in [0, 0.05) is 13.1 Å². The van der Waals surface area contributed by atoms with Crippen LogP contribution in [0, 0.1) is 11.8 Å². The Labute approximate surface area is 137 Å². The third-order valence-electron chi connectivity index (χ3n) is 4.95. The Bertz CT molecular complexity index is 645. The largest absolute Gasteiger partial charge is 0.480 e. The van der Waals surface area contributed by atoms with E-state index in [9.17, 15) is 27.5 Å². The smallest absolute Gasteiger partial charge is 0.418 e. The van der Waals surface area contributed by atoms with Gasteiger partial charge < -0.3 is 15.3 Å². The molecule has 2 bridgehead atoms. The van der Waals surface area contributed by atoms with Crippen molar-refractivity contribution < 1.29 is 36.3 Å². The number of fused-ring (bicyclic) bond motifs is 2. The van der Waals surface area contributed by atoms with Crippen molar-refractivity contribution in [2.24, 2.45) is 11.8 Å². The molecule has 3 heterocycles. The molecule has 3 saturated heterocycles. The van der Waals surface area contributed by atoms with Crippen molar-refractivity contribution in [1.29, 1.82) is 0 Å². The molecule has 2 amide bonds. The van der Waals surface area contributed by atoms with Gasteiger partial charge in [0.25, 0.3) is 0 Å². The molecule has 3 N–H and O–H groups in total. The molecule has 136 valence electrons. The molecular formula is C12H18FN3O7S. The quantitative estimate of drug-likeness (QED) is 0.552. The maximum absolute atomic E-state index is 14.3. The van der Waals surface area contributed by atoms with Gasteiger partial charge in [-0.25, -0.2) is 14.0 Å². The van der Waals surface area contributed by atoms with Gasteiger partial charge in [0.1, 0.15) is 12.2 Å². The van der Waals surface area contributed by atoms with Gasteiger partial charge in [0.15, 0.2) is 0 Å². The number of hydrogen-bond donors (Lipinski definition) is 3. The number of carboxylic acids is 1. The van der Waals surface area contributed by atoms with E-state index in [0.717, 1.165) is 4.90 Å². The van der Waals surface area contributed by atoms with Crippen LogP contribution in [-0.2, 0) is 19.5 Å². The maximum Gasteiger partial charge on any atom is 0.418 e. The van der Waals surface area contributed by atoms with Crippen LogP contribution in [0.4, 0.5) is 9.18 Å². The third-order valence-corrected chi connectivity index (χ3v) is 5.30. The van der Waals surface area contributed by atoms with Gasteiger partial charge >= 0.3 is 22.4 Å². The topological polar surface area (TPSA) is 136 Å². The summed E-state index contributed by atoms with van der Waals surface area (Å²) in [5.41, 5.74) is 0. The molecule has 0 aromatic carbocycles. The molecule has 3 rings (SSSR count). The molecule has 0 saturated carbocycles. The first-order valence-corrected chi connectivity index (χ1v) is 8.90. The number of hydroxylamine groups is 2. The maximum atomic E-state index is 14.3. The second kappa shape index (κ2) is 6.10. The van der Waals surface area contributed by atoms with Crippen LogP contribution in [0.2, 0.25) is 0 Å². The van der Waals surface area contributed by atoms with Crippen molar-refractivity contribution in [3.8, 4) is 0 Å². The molecule has 0 radical (unpaired) electrons. The summed E-state index contributed by atoms with van der Waals surface area (Å²) >= 11 is 0. The molecule has 3 fully saturated rings. The van der Waals surface area contributed by atoms with Gasteiger partial charge in [-0.1, -0.05) is 0 Å². The first-order valence-electron chi connectivity index (χ1n) is 7.53. The number of urea groups is 1. The minimum Gasteiger partial charge on any atom is -0.480 e. The zero-order valence-electron chi connectivity index (χ0n) is 12.5.